The minimum atomic E-state index is -1.05. The van der Waals surface area contributed by atoms with Gasteiger partial charge in [-0.3, -0.25) is 9.69 Å². The lowest BCUT2D eigenvalue weighted by Gasteiger charge is -2.35. The van der Waals surface area contributed by atoms with E-state index in [1.54, 1.807) is 0 Å². The molecule has 7 nitrogen and oxygen atoms in total. The number of thiazole rings is 1. The Labute approximate surface area is 190 Å². The summed E-state index contributed by atoms with van der Waals surface area (Å²) in [6, 6.07) is 16.2. The van der Waals surface area contributed by atoms with Crippen molar-refractivity contribution in [1.82, 2.24) is 14.8 Å². The van der Waals surface area contributed by atoms with Crippen molar-refractivity contribution in [3.63, 3.8) is 0 Å². The van der Waals surface area contributed by atoms with Crippen LogP contribution in [0.4, 0.5) is 0 Å². The van der Waals surface area contributed by atoms with Gasteiger partial charge in [0.15, 0.2) is 0 Å². The van der Waals surface area contributed by atoms with Crippen molar-refractivity contribution >= 4 is 27.5 Å². The van der Waals surface area contributed by atoms with Gasteiger partial charge in [-0.1, -0.05) is 23.5 Å². The van der Waals surface area contributed by atoms with Crippen molar-refractivity contribution in [2.24, 2.45) is 0 Å². The quantitative estimate of drug-likeness (QED) is 0.594. The molecule has 1 saturated carbocycles. The van der Waals surface area contributed by atoms with Gasteiger partial charge in [0.2, 0.25) is 0 Å². The van der Waals surface area contributed by atoms with Crippen LogP contribution < -0.4 is 9.47 Å². The summed E-state index contributed by atoms with van der Waals surface area (Å²) in [6.07, 6.45) is 2.23. The van der Waals surface area contributed by atoms with E-state index in [9.17, 15) is 9.90 Å². The first kappa shape index (κ1) is 20.0. The first-order valence-electron chi connectivity index (χ1n) is 11.1. The normalized spacial score (nSPS) is 23.6. The van der Waals surface area contributed by atoms with Gasteiger partial charge in [0.1, 0.15) is 23.7 Å². The number of benzene rings is 2. The molecular formula is C24H25N3O4S. The van der Waals surface area contributed by atoms with Crippen LogP contribution in [0.5, 0.6) is 16.7 Å². The molecule has 3 heterocycles. The zero-order valence-corrected chi connectivity index (χ0v) is 18.5. The summed E-state index contributed by atoms with van der Waals surface area (Å²) in [5.74, 6) is 1.48. The number of hydrogen-bond acceptors (Lipinski definition) is 7. The number of likely N-dealkylation sites (tertiary alicyclic amines) is 2. The predicted molar refractivity (Wildman–Crippen MR) is 121 cm³/mol. The van der Waals surface area contributed by atoms with Crippen molar-refractivity contribution < 1.29 is 19.4 Å². The lowest BCUT2D eigenvalue weighted by molar-refractivity contribution is -0.144. The third-order valence-corrected chi connectivity index (χ3v) is 7.60. The molecule has 1 amide bonds. The smallest absolute Gasteiger partial charge is 0.279 e. The Morgan fingerprint density at radius 3 is 2.59 bits per heavy atom. The number of aliphatic hydroxyl groups is 1. The van der Waals surface area contributed by atoms with Crippen LogP contribution in [0.3, 0.4) is 0 Å². The summed E-state index contributed by atoms with van der Waals surface area (Å²) in [6.45, 7) is 3.02. The minimum absolute atomic E-state index is 0.0611. The SMILES string of the molecule is O=C(N1CC2CC1CN2CCOc1ccc(Oc2nc3ccccc3s2)cc1)C1(O)CC1. The van der Waals surface area contributed by atoms with Crippen molar-refractivity contribution in [2.75, 3.05) is 26.2 Å². The summed E-state index contributed by atoms with van der Waals surface area (Å²) in [5, 5.41) is 10.7. The first-order chi connectivity index (χ1) is 15.6. The number of fused-ring (bicyclic) bond motifs is 3. The average molecular weight is 452 g/mol. The van der Waals surface area contributed by atoms with Crippen LogP contribution in [0.25, 0.3) is 10.2 Å². The zero-order chi connectivity index (χ0) is 21.7. The van der Waals surface area contributed by atoms with Crippen LogP contribution in [0.15, 0.2) is 48.5 Å². The largest absolute Gasteiger partial charge is 0.492 e. The molecule has 2 unspecified atom stereocenters. The summed E-state index contributed by atoms with van der Waals surface area (Å²) in [4.78, 5) is 21.2. The molecule has 3 fully saturated rings. The number of carbonyl (C=O) groups is 1. The van der Waals surface area contributed by atoms with Crippen molar-refractivity contribution in [2.45, 2.75) is 36.9 Å². The van der Waals surface area contributed by atoms with Crippen molar-refractivity contribution in [3.8, 4) is 16.7 Å². The number of carbonyl (C=O) groups excluding carboxylic acids is 1. The van der Waals surface area contributed by atoms with Gasteiger partial charge in [0.25, 0.3) is 11.1 Å². The number of piperazine rings is 1. The Bertz CT molecular complexity index is 1110. The van der Waals surface area contributed by atoms with Crippen LogP contribution in [0.2, 0.25) is 0 Å². The highest BCUT2D eigenvalue weighted by atomic mass is 32.1. The fraction of sp³-hybridized carbons (Fsp3) is 0.417. The molecule has 2 aromatic carbocycles. The molecule has 8 heteroatoms. The Morgan fingerprint density at radius 2 is 1.88 bits per heavy atom. The molecule has 3 aliphatic rings. The Kier molecular flexibility index (Phi) is 4.82. The molecule has 2 atom stereocenters. The number of hydrogen-bond donors (Lipinski definition) is 1. The number of ether oxygens (including phenoxy) is 2. The molecule has 1 N–H and O–H groups in total. The number of amides is 1. The van der Waals surface area contributed by atoms with Crippen LogP contribution in [0.1, 0.15) is 19.3 Å². The maximum absolute atomic E-state index is 12.4. The zero-order valence-electron chi connectivity index (χ0n) is 17.6. The van der Waals surface area contributed by atoms with Gasteiger partial charge >= 0.3 is 0 Å². The fourth-order valence-corrected chi connectivity index (χ4v) is 5.59. The van der Waals surface area contributed by atoms with Crippen LogP contribution in [-0.4, -0.2) is 69.7 Å². The molecular weight excluding hydrogens is 426 g/mol. The second-order valence-corrected chi connectivity index (χ2v) is 9.89. The lowest BCUT2D eigenvalue weighted by Crippen LogP contribution is -2.52. The number of para-hydroxylation sites is 1. The van der Waals surface area contributed by atoms with E-state index in [4.69, 9.17) is 9.47 Å². The number of rotatable bonds is 7. The van der Waals surface area contributed by atoms with E-state index in [0.717, 1.165) is 47.8 Å². The van der Waals surface area contributed by atoms with Crippen LogP contribution >= 0.6 is 11.3 Å². The van der Waals surface area contributed by atoms with E-state index in [1.807, 2.05) is 53.4 Å². The summed E-state index contributed by atoms with van der Waals surface area (Å²) < 4.78 is 12.9. The Balaban J connectivity index is 0.981. The maximum atomic E-state index is 12.4. The van der Waals surface area contributed by atoms with E-state index >= 15 is 0 Å². The summed E-state index contributed by atoms with van der Waals surface area (Å²) in [7, 11) is 0. The molecule has 32 heavy (non-hydrogen) atoms. The fourth-order valence-electron chi connectivity index (χ4n) is 4.75. The molecule has 0 radical (unpaired) electrons. The van der Waals surface area contributed by atoms with E-state index < -0.39 is 5.60 Å². The topological polar surface area (TPSA) is 75.1 Å². The predicted octanol–water partition coefficient (Wildman–Crippen LogP) is 3.28. The highest BCUT2D eigenvalue weighted by Crippen LogP contribution is 2.41. The van der Waals surface area contributed by atoms with Gasteiger partial charge in [0, 0.05) is 31.7 Å². The standard InChI is InChI=1S/C24H25N3O4S/c28-22(24(29)9-10-24)27-15-16-13-17(27)14-26(16)11-12-30-18-5-7-19(8-6-18)31-23-25-20-3-1-2-4-21(20)32-23/h1-8,16-17,29H,9-15H2. The Morgan fingerprint density at radius 1 is 1.09 bits per heavy atom. The highest BCUT2D eigenvalue weighted by Gasteiger charge is 2.55. The van der Waals surface area contributed by atoms with Gasteiger partial charge in [-0.25, -0.2) is 4.98 Å². The molecule has 0 spiro atoms. The monoisotopic (exact) mass is 451 g/mol. The second-order valence-electron chi connectivity index (χ2n) is 8.90. The number of nitrogens with zero attached hydrogens (tertiary/aromatic N) is 3. The third-order valence-electron chi connectivity index (χ3n) is 6.69. The van der Waals surface area contributed by atoms with Gasteiger partial charge in [-0.15, -0.1) is 0 Å². The molecule has 2 aliphatic heterocycles. The van der Waals surface area contributed by atoms with E-state index in [2.05, 4.69) is 9.88 Å². The third kappa shape index (κ3) is 3.72. The molecule has 2 bridgehead atoms. The molecule has 3 aromatic rings. The van der Waals surface area contributed by atoms with Crippen molar-refractivity contribution in [3.05, 3.63) is 48.5 Å². The molecule has 2 saturated heterocycles. The van der Waals surface area contributed by atoms with E-state index in [-0.39, 0.29) is 11.9 Å². The van der Waals surface area contributed by atoms with Gasteiger partial charge in [-0.05, 0) is 55.7 Å². The van der Waals surface area contributed by atoms with Gasteiger partial charge in [0.05, 0.1) is 10.2 Å². The first-order valence-corrected chi connectivity index (χ1v) is 11.9. The molecule has 6 rings (SSSR count). The summed E-state index contributed by atoms with van der Waals surface area (Å²) >= 11 is 1.53. The van der Waals surface area contributed by atoms with Gasteiger partial charge in [-0.2, -0.15) is 0 Å². The molecule has 1 aromatic heterocycles. The Hall–Kier alpha value is -2.68. The van der Waals surface area contributed by atoms with Crippen LogP contribution in [-0.2, 0) is 4.79 Å². The molecule has 1 aliphatic carbocycles. The minimum Gasteiger partial charge on any atom is -0.492 e. The average Bonchev–Trinajstić information content (AvgIpc) is 3.15. The van der Waals surface area contributed by atoms with Crippen molar-refractivity contribution in [1.29, 1.82) is 0 Å². The lowest BCUT2D eigenvalue weighted by atomic mass is 10.2. The second kappa shape index (κ2) is 7.72. The summed E-state index contributed by atoms with van der Waals surface area (Å²) in [5.41, 5.74) is -0.111. The van der Waals surface area contributed by atoms with Gasteiger partial charge < -0.3 is 19.5 Å². The van der Waals surface area contributed by atoms with Crippen LogP contribution in [0, 0.1) is 0 Å². The van der Waals surface area contributed by atoms with E-state index in [1.165, 1.54) is 11.3 Å². The highest BCUT2D eigenvalue weighted by molar-refractivity contribution is 7.20. The maximum Gasteiger partial charge on any atom is 0.279 e. The van der Waals surface area contributed by atoms with E-state index in [0.29, 0.717) is 30.7 Å². The number of aromatic nitrogens is 1. The molecule has 166 valence electrons.